The van der Waals surface area contributed by atoms with Crippen molar-refractivity contribution < 1.29 is 23.1 Å². The summed E-state index contributed by atoms with van der Waals surface area (Å²) < 4.78 is 25.7. The Morgan fingerprint density at radius 2 is 1.82 bits per heavy atom. The zero-order valence-corrected chi connectivity index (χ0v) is 24.3. The fourth-order valence-electron chi connectivity index (χ4n) is 7.91. The molecule has 5 rings (SSSR count). The van der Waals surface area contributed by atoms with E-state index in [-0.39, 0.29) is 24.4 Å². The third-order valence-electron chi connectivity index (χ3n) is 9.89. The maximum absolute atomic E-state index is 15.2. The third kappa shape index (κ3) is 3.93. The van der Waals surface area contributed by atoms with Crippen LogP contribution in [0.2, 0.25) is 0 Å². The molecule has 2 unspecified atom stereocenters. The largest absolute Gasteiger partial charge is 0.450 e. The van der Waals surface area contributed by atoms with Gasteiger partial charge in [0.2, 0.25) is 11.2 Å². The van der Waals surface area contributed by atoms with E-state index in [1.54, 1.807) is 12.1 Å². The first kappa shape index (κ1) is 27.4. The second-order valence-electron chi connectivity index (χ2n) is 11.3. The second kappa shape index (κ2) is 10.4. The molecule has 5 nitrogen and oxygen atoms in total. The van der Waals surface area contributed by atoms with Crippen molar-refractivity contribution in [1.29, 1.82) is 0 Å². The minimum Gasteiger partial charge on any atom is -0.450 e. The van der Waals surface area contributed by atoms with E-state index in [0.717, 1.165) is 66.7 Å². The summed E-state index contributed by atoms with van der Waals surface area (Å²) in [6, 6.07) is 10.8. The van der Waals surface area contributed by atoms with Gasteiger partial charge in [0.1, 0.15) is 17.2 Å². The van der Waals surface area contributed by atoms with Crippen LogP contribution in [0.1, 0.15) is 100 Å². The van der Waals surface area contributed by atoms with Crippen LogP contribution in [0.5, 0.6) is 0 Å². The topological polar surface area (TPSA) is 47.0 Å². The molecule has 6 heteroatoms. The van der Waals surface area contributed by atoms with Crippen LogP contribution < -0.4 is 9.13 Å². The highest BCUT2D eigenvalue weighted by Gasteiger charge is 2.70. The molecule has 0 aliphatic carbocycles. The van der Waals surface area contributed by atoms with Crippen LogP contribution in [0.25, 0.3) is 11.3 Å². The Kier molecular flexibility index (Phi) is 7.34. The lowest BCUT2D eigenvalue weighted by molar-refractivity contribution is -0.857. The summed E-state index contributed by atoms with van der Waals surface area (Å²) in [5.74, 6) is -0.00794. The Morgan fingerprint density at radius 3 is 2.49 bits per heavy atom. The summed E-state index contributed by atoms with van der Waals surface area (Å²) in [6.07, 6.45) is 9.64. The lowest BCUT2D eigenvalue weighted by Crippen LogP contribution is -2.78. The maximum atomic E-state index is 15.2. The molecule has 4 heterocycles. The van der Waals surface area contributed by atoms with Crippen molar-refractivity contribution in [1.82, 2.24) is 4.98 Å². The van der Waals surface area contributed by atoms with Gasteiger partial charge in [0.05, 0.1) is 11.0 Å². The van der Waals surface area contributed by atoms with E-state index in [2.05, 4.69) is 56.9 Å². The number of hydrogen-bond donors (Lipinski definition) is 0. The van der Waals surface area contributed by atoms with Crippen LogP contribution >= 0.6 is 0 Å². The van der Waals surface area contributed by atoms with Crippen molar-refractivity contribution in [3.8, 4) is 11.3 Å². The average molecular weight is 532 g/mol. The highest BCUT2D eigenvalue weighted by atomic mass is 19.1. The van der Waals surface area contributed by atoms with Crippen LogP contribution in [0, 0.1) is 18.7 Å². The Labute approximate surface area is 232 Å². The molecule has 1 aromatic carbocycles. The van der Waals surface area contributed by atoms with Gasteiger partial charge >= 0.3 is 5.97 Å². The molecule has 0 bridgehead atoms. The van der Waals surface area contributed by atoms with Gasteiger partial charge in [-0.3, -0.25) is 0 Å². The number of rotatable bonds is 8. The van der Waals surface area contributed by atoms with Crippen molar-refractivity contribution in [2.75, 3.05) is 6.61 Å². The predicted molar refractivity (Wildman–Crippen MR) is 149 cm³/mol. The lowest BCUT2D eigenvalue weighted by atomic mass is 9.54. The number of ether oxygens (including phenoxy) is 1. The number of carbonyl (C=O) groups excluding carboxylic acids is 1. The molecule has 39 heavy (non-hydrogen) atoms. The average Bonchev–Trinajstić information content (AvgIpc) is 2.95. The summed E-state index contributed by atoms with van der Waals surface area (Å²) in [7, 11) is 0. The summed E-state index contributed by atoms with van der Waals surface area (Å²) >= 11 is 0. The van der Waals surface area contributed by atoms with E-state index in [4.69, 9.17) is 9.72 Å². The summed E-state index contributed by atoms with van der Waals surface area (Å²) in [4.78, 5) is 18.0. The van der Waals surface area contributed by atoms with E-state index in [1.807, 2.05) is 30.5 Å². The Hall–Kier alpha value is -3.15. The summed E-state index contributed by atoms with van der Waals surface area (Å²) in [5.41, 5.74) is 4.84. The first-order valence-corrected chi connectivity index (χ1v) is 14.7. The molecule has 2 aliphatic heterocycles. The van der Waals surface area contributed by atoms with Gasteiger partial charge in [0.15, 0.2) is 19.0 Å². The van der Waals surface area contributed by atoms with Gasteiger partial charge in [0, 0.05) is 18.6 Å². The molecular formula is C33H42FN3O2+2. The molecule has 2 aliphatic rings. The van der Waals surface area contributed by atoms with Crippen LogP contribution in [0.3, 0.4) is 0 Å². The van der Waals surface area contributed by atoms with Crippen molar-refractivity contribution >= 4 is 5.97 Å². The first-order chi connectivity index (χ1) is 18.8. The number of esters is 1. The molecule has 0 spiro atoms. The molecule has 0 saturated heterocycles. The number of carbonyl (C=O) groups is 1. The lowest BCUT2D eigenvalue weighted by Gasteiger charge is -2.51. The van der Waals surface area contributed by atoms with Gasteiger partial charge in [-0.25, -0.2) is 14.2 Å². The Morgan fingerprint density at radius 1 is 1.08 bits per heavy atom. The highest BCUT2D eigenvalue weighted by Crippen LogP contribution is 2.56. The molecule has 206 valence electrons. The van der Waals surface area contributed by atoms with Crippen molar-refractivity contribution in [3.63, 3.8) is 0 Å². The van der Waals surface area contributed by atoms with Crippen LogP contribution in [0.4, 0.5) is 4.39 Å². The zero-order chi connectivity index (χ0) is 27.9. The molecule has 2 aromatic heterocycles. The number of nitrogens with zero attached hydrogens (tertiary/aromatic N) is 3. The van der Waals surface area contributed by atoms with Crippen molar-refractivity contribution in [2.45, 2.75) is 97.1 Å². The van der Waals surface area contributed by atoms with E-state index in [0.29, 0.717) is 11.6 Å². The van der Waals surface area contributed by atoms with Gasteiger partial charge < -0.3 is 4.74 Å². The van der Waals surface area contributed by atoms with Crippen LogP contribution in [0.15, 0.2) is 48.8 Å². The SMILES string of the molecule is CCC(CC)Cc1nc(C)c[n+]2c1-c1ccc(F)cc1C(CC)(CC)C2(CC)C1COC(=O)c2cccc[n+]21. The van der Waals surface area contributed by atoms with Crippen molar-refractivity contribution in [3.05, 3.63) is 77.3 Å². The van der Waals surface area contributed by atoms with Gasteiger partial charge in [-0.05, 0) is 61.9 Å². The standard InChI is InChI=1S/C33H42FN3O2/c1-7-23(8-2)18-27-30-25-16-15-24(34)19-26(25)32(9-3,10-4)33(11-5,37(30)20-22(6)35-27)29-21-39-31(38)28-14-12-13-17-36(28)29/h12-17,19-20,23,29H,7-11,18,21H2,1-6H3/q+2. The molecule has 0 amide bonds. The van der Waals surface area contributed by atoms with Gasteiger partial charge in [-0.15, -0.1) is 0 Å². The number of aromatic nitrogens is 3. The van der Waals surface area contributed by atoms with Gasteiger partial charge in [-0.2, -0.15) is 9.13 Å². The minimum absolute atomic E-state index is 0.181. The highest BCUT2D eigenvalue weighted by molar-refractivity contribution is 5.86. The maximum Gasteiger partial charge on any atom is 0.403 e. The number of cyclic esters (lactones) is 1. The third-order valence-corrected chi connectivity index (χ3v) is 9.89. The summed E-state index contributed by atoms with van der Waals surface area (Å²) in [6.45, 7) is 13.5. The van der Waals surface area contributed by atoms with Gasteiger partial charge in [0.25, 0.3) is 11.7 Å². The molecule has 0 saturated carbocycles. The van der Waals surface area contributed by atoms with E-state index in [1.165, 1.54) is 0 Å². The second-order valence-corrected chi connectivity index (χ2v) is 11.3. The van der Waals surface area contributed by atoms with Gasteiger partial charge in [-0.1, -0.05) is 47.5 Å². The molecule has 3 aromatic rings. The predicted octanol–water partition coefficient (Wildman–Crippen LogP) is 6.34. The monoisotopic (exact) mass is 531 g/mol. The minimum atomic E-state index is -0.537. The molecular weight excluding hydrogens is 489 g/mol. The first-order valence-electron chi connectivity index (χ1n) is 14.7. The van der Waals surface area contributed by atoms with Crippen molar-refractivity contribution in [2.24, 2.45) is 5.92 Å². The fraction of sp³-hybridized carbons (Fsp3) is 0.515. The number of fused-ring (bicyclic) bond motifs is 4. The molecule has 0 N–H and O–H groups in total. The fourth-order valence-corrected chi connectivity index (χ4v) is 7.91. The number of benzene rings is 1. The number of hydrogen-bond acceptors (Lipinski definition) is 3. The van der Waals surface area contributed by atoms with Crippen LogP contribution in [-0.2, 0) is 22.1 Å². The summed E-state index contributed by atoms with van der Waals surface area (Å²) in [5, 5.41) is 0. The van der Waals surface area contributed by atoms with Crippen LogP contribution in [-0.4, -0.2) is 17.6 Å². The van der Waals surface area contributed by atoms with E-state index in [9.17, 15) is 4.79 Å². The number of pyridine rings is 1. The number of aryl methyl sites for hydroxylation is 1. The van der Waals surface area contributed by atoms with E-state index < -0.39 is 11.0 Å². The normalized spacial score (nSPS) is 21.2. The molecule has 0 radical (unpaired) electrons. The smallest absolute Gasteiger partial charge is 0.403 e. The van der Waals surface area contributed by atoms with E-state index >= 15 is 4.39 Å². The molecule has 2 atom stereocenters. The number of halogens is 1. The molecule has 0 fully saturated rings. The Balaban J connectivity index is 1.93. The quantitative estimate of drug-likeness (QED) is 0.252. The Bertz CT molecular complexity index is 1400. The zero-order valence-electron chi connectivity index (χ0n) is 24.3.